The SMILES string of the molecule is CC1=[C-]CC=C1.[Br-].[Br-].[Ir+3]. The van der Waals surface area contributed by atoms with Crippen molar-refractivity contribution >= 4 is 0 Å². The molecule has 54 valence electrons. The predicted octanol–water partition coefficient (Wildman–Crippen LogP) is -4.30. The predicted molar refractivity (Wildman–Crippen MR) is 26.2 cm³/mol. The summed E-state index contributed by atoms with van der Waals surface area (Å²) in [5, 5.41) is 0. The van der Waals surface area contributed by atoms with Gasteiger partial charge in [-0.1, -0.05) is 6.92 Å². The van der Waals surface area contributed by atoms with Gasteiger partial charge in [-0.15, -0.1) is 6.42 Å². The second-order valence-electron chi connectivity index (χ2n) is 1.47. The van der Waals surface area contributed by atoms with E-state index in [4.69, 9.17) is 0 Å². The maximum atomic E-state index is 3.12. The zero-order valence-corrected chi connectivity index (χ0v) is 10.5. The van der Waals surface area contributed by atoms with E-state index in [1.807, 2.05) is 0 Å². The van der Waals surface area contributed by atoms with Gasteiger partial charge in [-0.3, -0.25) is 6.08 Å². The minimum atomic E-state index is 0. The molecule has 1 rings (SSSR count). The van der Waals surface area contributed by atoms with Crippen LogP contribution in [0.3, 0.4) is 0 Å². The fraction of sp³-hybridized carbons (Fsp3) is 0.333. The van der Waals surface area contributed by atoms with Crippen LogP contribution in [0.2, 0.25) is 0 Å². The summed E-state index contributed by atoms with van der Waals surface area (Å²) in [7, 11) is 0. The fourth-order valence-corrected chi connectivity index (χ4v) is 0.515. The molecule has 9 heavy (non-hydrogen) atoms. The van der Waals surface area contributed by atoms with Crippen LogP contribution in [0, 0.1) is 6.08 Å². The van der Waals surface area contributed by atoms with Crippen LogP contribution in [-0.4, -0.2) is 0 Å². The minimum absolute atomic E-state index is 0. The Morgan fingerprint density at radius 3 is 2.11 bits per heavy atom. The molecule has 1 aliphatic carbocycles. The van der Waals surface area contributed by atoms with Crippen molar-refractivity contribution < 1.29 is 54.1 Å². The van der Waals surface area contributed by atoms with E-state index < -0.39 is 0 Å². The van der Waals surface area contributed by atoms with Gasteiger partial charge in [0.05, 0.1) is 0 Å². The number of rotatable bonds is 0. The third kappa shape index (κ3) is 6.98. The summed E-state index contributed by atoms with van der Waals surface area (Å²) >= 11 is 0. The van der Waals surface area contributed by atoms with Gasteiger partial charge in [-0.05, 0) is 0 Å². The van der Waals surface area contributed by atoms with Gasteiger partial charge in [0, 0.05) is 0 Å². The van der Waals surface area contributed by atoms with E-state index >= 15 is 0 Å². The Balaban J connectivity index is -0.000000120. The molecule has 0 saturated heterocycles. The Morgan fingerprint density at radius 1 is 1.44 bits per heavy atom. The first kappa shape index (κ1) is 16.6. The standard InChI is InChI=1S/C6H7.2BrH.Ir/c1-6-4-2-3-5-6;;;/h2,4H,3H2,1H3;2*1H;/q-1;;;+3/p-2. The number of hydrogen-bond donors (Lipinski definition) is 0. The topological polar surface area (TPSA) is 0 Å². The molecule has 0 saturated carbocycles. The maximum Gasteiger partial charge on any atom is 3.00 e. The first-order valence-electron chi connectivity index (χ1n) is 2.13. The Bertz CT molecular complexity index is 105. The van der Waals surface area contributed by atoms with Crippen molar-refractivity contribution in [1.29, 1.82) is 0 Å². The summed E-state index contributed by atoms with van der Waals surface area (Å²) in [5.74, 6) is 0. The number of allylic oxidation sites excluding steroid dienone is 4. The summed E-state index contributed by atoms with van der Waals surface area (Å²) < 4.78 is 0. The van der Waals surface area contributed by atoms with Crippen molar-refractivity contribution in [3.8, 4) is 0 Å². The van der Waals surface area contributed by atoms with Gasteiger partial charge in [0.2, 0.25) is 0 Å². The third-order valence-electron chi connectivity index (χ3n) is 0.867. The van der Waals surface area contributed by atoms with Crippen molar-refractivity contribution in [3.63, 3.8) is 0 Å². The smallest absolute Gasteiger partial charge is 1.00 e. The Morgan fingerprint density at radius 2 is 2.00 bits per heavy atom. The van der Waals surface area contributed by atoms with E-state index in [9.17, 15) is 0 Å². The van der Waals surface area contributed by atoms with Gasteiger partial charge >= 0.3 is 20.1 Å². The molecule has 0 spiro atoms. The van der Waals surface area contributed by atoms with E-state index in [1.54, 1.807) is 0 Å². The minimum Gasteiger partial charge on any atom is -1.00 e. The molecule has 1 aliphatic rings. The van der Waals surface area contributed by atoms with E-state index in [0.29, 0.717) is 0 Å². The Kier molecular flexibility index (Phi) is 16.7. The van der Waals surface area contributed by atoms with Crippen molar-refractivity contribution in [3.05, 3.63) is 23.8 Å². The zero-order valence-electron chi connectivity index (χ0n) is 4.95. The molecule has 0 bridgehead atoms. The zero-order chi connectivity index (χ0) is 4.41. The van der Waals surface area contributed by atoms with Crippen LogP contribution in [-0.2, 0) is 20.1 Å². The van der Waals surface area contributed by atoms with E-state index in [2.05, 4.69) is 25.2 Å². The molecule has 0 fully saturated rings. The van der Waals surface area contributed by atoms with Gasteiger partial charge in [-0.2, -0.15) is 6.08 Å². The van der Waals surface area contributed by atoms with Gasteiger partial charge < -0.3 is 34.0 Å². The molecule has 0 radical (unpaired) electrons. The van der Waals surface area contributed by atoms with Crippen LogP contribution in [0.4, 0.5) is 0 Å². The van der Waals surface area contributed by atoms with Crippen molar-refractivity contribution in [1.82, 2.24) is 0 Å². The second kappa shape index (κ2) is 9.09. The summed E-state index contributed by atoms with van der Waals surface area (Å²) in [5.41, 5.74) is 1.27. The van der Waals surface area contributed by atoms with Crippen LogP contribution in [0.1, 0.15) is 13.3 Å². The van der Waals surface area contributed by atoms with Crippen LogP contribution < -0.4 is 34.0 Å². The molecule has 0 atom stereocenters. The first-order valence-corrected chi connectivity index (χ1v) is 2.13. The molecule has 3 heteroatoms. The molecule has 0 unspecified atom stereocenters. The molecule has 0 heterocycles. The van der Waals surface area contributed by atoms with Gasteiger partial charge in [0.1, 0.15) is 0 Å². The van der Waals surface area contributed by atoms with Gasteiger partial charge in [0.15, 0.2) is 0 Å². The number of hydrogen-bond acceptors (Lipinski definition) is 0. The summed E-state index contributed by atoms with van der Waals surface area (Å²) in [4.78, 5) is 0. The monoisotopic (exact) mass is 430 g/mol. The molecule has 0 N–H and O–H groups in total. The Labute approximate surface area is 90.7 Å². The van der Waals surface area contributed by atoms with Crippen molar-refractivity contribution in [2.45, 2.75) is 13.3 Å². The largest absolute Gasteiger partial charge is 3.00 e. The molecule has 0 aromatic heterocycles. The van der Waals surface area contributed by atoms with Gasteiger partial charge in [-0.25, -0.2) is 11.6 Å². The van der Waals surface area contributed by atoms with Crippen molar-refractivity contribution in [2.75, 3.05) is 0 Å². The van der Waals surface area contributed by atoms with E-state index in [1.165, 1.54) is 5.57 Å². The van der Waals surface area contributed by atoms with Crippen molar-refractivity contribution in [2.24, 2.45) is 0 Å². The van der Waals surface area contributed by atoms with E-state index in [0.717, 1.165) is 6.42 Å². The fourth-order valence-electron chi connectivity index (χ4n) is 0.515. The molecule has 0 aromatic carbocycles. The third-order valence-corrected chi connectivity index (χ3v) is 0.867. The molecule has 0 nitrogen and oxygen atoms in total. The van der Waals surface area contributed by atoms with Crippen LogP contribution in [0.15, 0.2) is 17.7 Å². The first-order chi connectivity index (χ1) is 2.89. The molecule has 0 aliphatic heterocycles. The van der Waals surface area contributed by atoms with E-state index in [-0.39, 0.29) is 54.1 Å². The second-order valence-corrected chi connectivity index (χ2v) is 1.47. The summed E-state index contributed by atoms with van der Waals surface area (Å²) in [6, 6.07) is 0. The van der Waals surface area contributed by atoms with Crippen LogP contribution in [0.5, 0.6) is 0 Å². The average Bonchev–Trinajstić information content (AvgIpc) is 1.86. The van der Waals surface area contributed by atoms with Crippen LogP contribution >= 0.6 is 0 Å². The van der Waals surface area contributed by atoms with Crippen LogP contribution in [0.25, 0.3) is 0 Å². The average molecular weight is 431 g/mol. The number of halogens is 2. The van der Waals surface area contributed by atoms with Gasteiger partial charge in [0.25, 0.3) is 0 Å². The maximum absolute atomic E-state index is 3.12. The Hall–Kier alpha value is 1.09. The molecule has 0 amide bonds. The molecular weight excluding hydrogens is 424 g/mol. The molecular formula is C6H7Br2Ir. The summed E-state index contributed by atoms with van der Waals surface area (Å²) in [6.45, 7) is 2.06. The quantitative estimate of drug-likeness (QED) is 0.341. The molecule has 0 aromatic rings. The summed E-state index contributed by atoms with van der Waals surface area (Å²) in [6.07, 6.45) is 8.33. The normalized spacial score (nSPS) is 12.3.